The van der Waals surface area contributed by atoms with Crippen LogP contribution in [0.5, 0.6) is 5.75 Å². The molecule has 0 saturated carbocycles. The lowest BCUT2D eigenvalue weighted by Crippen LogP contribution is -2.16. The molecule has 3 nitrogen and oxygen atoms in total. The van der Waals surface area contributed by atoms with Crippen molar-refractivity contribution in [2.75, 3.05) is 0 Å². The molecule has 0 amide bonds. The molecule has 0 aliphatic heterocycles. The van der Waals surface area contributed by atoms with Crippen LogP contribution in [0, 0.1) is 0 Å². The summed E-state index contributed by atoms with van der Waals surface area (Å²) in [4.78, 5) is 10.5. The van der Waals surface area contributed by atoms with E-state index < -0.39 is 5.97 Å². The molecule has 1 N–H and O–H groups in total. The minimum atomic E-state index is -0.849. The molecule has 1 atom stereocenters. The molecule has 0 unspecified atom stereocenters. The number of hydrogen-bond donors (Lipinski definition) is 1. The summed E-state index contributed by atoms with van der Waals surface area (Å²) in [5.74, 6) is -0.143. The van der Waals surface area contributed by atoms with Gasteiger partial charge in [-0.05, 0) is 29.8 Å². The third kappa shape index (κ3) is 2.97. The lowest BCUT2D eigenvalue weighted by molar-refractivity contribution is -0.138. The molecule has 17 heavy (non-hydrogen) atoms. The van der Waals surface area contributed by atoms with Gasteiger partial charge in [-0.25, -0.2) is 0 Å². The average Bonchev–Trinajstić information content (AvgIpc) is 2.27. The highest BCUT2D eigenvalue weighted by molar-refractivity contribution is 5.83. The normalized spacial score (nSPS) is 12.3. The van der Waals surface area contributed by atoms with E-state index in [9.17, 15) is 4.79 Å². The molecule has 0 heterocycles. The van der Waals surface area contributed by atoms with Crippen molar-refractivity contribution in [3.63, 3.8) is 0 Å². The van der Waals surface area contributed by atoms with E-state index in [1.54, 1.807) is 6.92 Å². The maximum Gasteiger partial charge on any atom is 0.307 e. The van der Waals surface area contributed by atoms with Crippen molar-refractivity contribution < 1.29 is 14.6 Å². The predicted molar refractivity (Wildman–Crippen MR) is 66.3 cm³/mol. The first-order chi connectivity index (χ1) is 8.15. The van der Waals surface area contributed by atoms with Crippen LogP contribution in [0.1, 0.15) is 13.3 Å². The van der Waals surface area contributed by atoms with Gasteiger partial charge in [0.05, 0.1) is 6.42 Å². The van der Waals surface area contributed by atoms with Gasteiger partial charge in [0, 0.05) is 0 Å². The Kier molecular flexibility index (Phi) is 3.28. The van der Waals surface area contributed by atoms with Gasteiger partial charge in [-0.1, -0.05) is 30.3 Å². The fraction of sp³-hybridized carbons (Fsp3) is 0.214. The SMILES string of the molecule is C[C@H](CC(=O)O)Oc1ccc2ccccc2c1. The second kappa shape index (κ2) is 4.87. The number of carboxylic acid groups (broad SMARTS) is 1. The summed E-state index contributed by atoms with van der Waals surface area (Å²) in [6.07, 6.45) is -0.319. The summed E-state index contributed by atoms with van der Waals surface area (Å²) >= 11 is 0. The third-order valence-corrected chi connectivity index (χ3v) is 2.52. The molecule has 0 saturated heterocycles. The Hall–Kier alpha value is -2.03. The fourth-order valence-corrected chi connectivity index (χ4v) is 1.76. The largest absolute Gasteiger partial charge is 0.490 e. The van der Waals surface area contributed by atoms with E-state index >= 15 is 0 Å². The quantitative estimate of drug-likeness (QED) is 0.877. The minimum Gasteiger partial charge on any atom is -0.490 e. The second-order valence-corrected chi connectivity index (χ2v) is 4.04. The van der Waals surface area contributed by atoms with Crippen molar-refractivity contribution in [1.29, 1.82) is 0 Å². The van der Waals surface area contributed by atoms with Gasteiger partial charge in [0.2, 0.25) is 0 Å². The van der Waals surface area contributed by atoms with E-state index in [2.05, 4.69) is 0 Å². The van der Waals surface area contributed by atoms with Crippen LogP contribution in [0.2, 0.25) is 0 Å². The van der Waals surface area contributed by atoms with E-state index in [1.807, 2.05) is 42.5 Å². The van der Waals surface area contributed by atoms with Gasteiger partial charge in [-0.15, -0.1) is 0 Å². The zero-order valence-electron chi connectivity index (χ0n) is 9.59. The first kappa shape index (κ1) is 11.5. The van der Waals surface area contributed by atoms with Gasteiger partial charge in [-0.3, -0.25) is 4.79 Å². The number of aliphatic carboxylic acids is 1. The molecule has 2 aromatic carbocycles. The van der Waals surface area contributed by atoms with Crippen molar-refractivity contribution in [3.05, 3.63) is 42.5 Å². The lowest BCUT2D eigenvalue weighted by atomic mass is 10.1. The lowest BCUT2D eigenvalue weighted by Gasteiger charge is -2.13. The third-order valence-electron chi connectivity index (χ3n) is 2.52. The van der Waals surface area contributed by atoms with Gasteiger partial charge < -0.3 is 9.84 Å². The molecule has 0 radical (unpaired) electrons. The number of ether oxygens (including phenoxy) is 1. The van der Waals surface area contributed by atoms with Crippen molar-refractivity contribution >= 4 is 16.7 Å². The average molecular weight is 230 g/mol. The van der Waals surface area contributed by atoms with Crippen LogP contribution in [-0.2, 0) is 4.79 Å². The second-order valence-electron chi connectivity index (χ2n) is 4.04. The van der Waals surface area contributed by atoms with Crippen molar-refractivity contribution in [2.24, 2.45) is 0 Å². The summed E-state index contributed by atoms with van der Waals surface area (Å²) in [6, 6.07) is 13.7. The van der Waals surface area contributed by atoms with Crippen LogP contribution in [-0.4, -0.2) is 17.2 Å². The zero-order chi connectivity index (χ0) is 12.3. The molecule has 88 valence electrons. The highest BCUT2D eigenvalue weighted by Crippen LogP contribution is 2.21. The molecule has 2 rings (SSSR count). The summed E-state index contributed by atoms with van der Waals surface area (Å²) < 4.78 is 5.55. The number of carboxylic acids is 1. The molecule has 0 aromatic heterocycles. The molecule has 3 heteroatoms. The topological polar surface area (TPSA) is 46.5 Å². The first-order valence-corrected chi connectivity index (χ1v) is 5.52. The van der Waals surface area contributed by atoms with Crippen molar-refractivity contribution in [3.8, 4) is 5.75 Å². The summed E-state index contributed by atoms with van der Waals surface area (Å²) in [7, 11) is 0. The van der Waals surface area contributed by atoms with Gasteiger partial charge in [0.1, 0.15) is 11.9 Å². The standard InChI is InChI=1S/C14H14O3/c1-10(8-14(15)16)17-13-7-6-11-4-2-3-5-12(11)9-13/h2-7,9-10H,8H2,1H3,(H,15,16)/t10-/m1/s1. The number of hydrogen-bond acceptors (Lipinski definition) is 2. The van der Waals surface area contributed by atoms with E-state index in [0.717, 1.165) is 10.8 Å². The number of rotatable bonds is 4. The Bertz CT molecular complexity index is 534. The Labute approximate surface area is 99.6 Å². The summed E-state index contributed by atoms with van der Waals surface area (Å²) in [5.41, 5.74) is 0. The molecule has 0 aliphatic rings. The summed E-state index contributed by atoms with van der Waals surface area (Å²) in [6.45, 7) is 1.75. The Balaban J connectivity index is 2.16. The van der Waals surface area contributed by atoms with Crippen LogP contribution in [0.15, 0.2) is 42.5 Å². The van der Waals surface area contributed by atoms with Crippen molar-refractivity contribution in [1.82, 2.24) is 0 Å². The highest BCUT2D eigenvalue weighted by atomic mass is 16.5. The van der Waals surface area contributed by atoms with Crippen LogP contribution in [0.4, 0.5) is 0 Å². The first-order valence-electron chi connectivity index (χ1n) is 5.52. The molecule has 0 bridgehead atoms. The Morgan fingerprint density at radius 3 is 2.65 bits per heavy atom. The number of benzene rings is 2. The zero-order valence-corrected chi connectivity index (χ0v) is 9.59. The van der Waals surface area contributed by atoms with Crippen LogP contribution < -0.4 is 4.74 Å². The van der Waals surface area contributed by atoms with Gasteiger partial charge in [0.25, 0.3) is 0 Å². The van der Waals surface area contributed by atoms with E-state index in [0.29, 0.717) is 5.75 Å². The molecule has 0 aliphatic carbocycles. The van der Waals surface area contributed by atoms with Gasteiger partial charge in [0.15, 0.2) is 0 Å². The monoisotopic (exact) mass is 230 g/mol. The Morgan fingerprint density at radius 1 is 1.24 bits per heavy atom. The highest BCUT2D eigenvalue weighted by Gasteiger charge is 2.09. The maximum absolute atomic E-state index is 10.5. The smallest absolute Gasteiger partial charge is 0.307 e. The minimum absolute atomic E-state index is 0.00677. The van der Waals surface area contributed by atoms with E-state index in [-0.39, 0.29) is 12.5 Å². The predicted octanol–water partition coefficient (Wildman–Crippen LogP) is 3.08. The van der Waals surface area contributed by atoms with Crippen molar-refractivity contribution in [2.45, 2.75) is 19.4 Å². The molecular formula is C14H14O3. The molecule has 0 spiro atoms. The molecule has 2 aromatic rings. The fourth-order valence-electron chi connectivity index (χ4n) is 1.76. The van der Waals surface area contributed by atoms with Gasteiger partial charge >= 0.3 is 5.97 Å². The van der Waals surface area contributed by atoms with E-state index in [1.165, 1.54) is 0 Å². The van der Waals surface area contributed by atoms with Crippen LogP contribution >= 0.6 is 0 Å². The molecular weight excluding hydrogens is 216 g/mol. The van der Waals surface area contributed by atoms with E-state index in [4.69, 9.17) is 9.84 Å². The Morgan fingerprint density at radius 2 is 1.94 bits per heavy atom. The number of fused-ring (bicyclic) bond motifs is 1. The van der Waals surface area contributed by atoms with Crippen LogP contribution in [0.25, 0.3) is 10.8 Å². The van der Waals surface area contributed by atoms with Crippen LogP contribution in [0.3, 0.4) is 0 Å². The summed E-state index contributed by atoms with van der Waals surface area (Å²) in [5, 5.41) is 10.9. The van der Waals surface area contributed by atoms with Gasteiger partial charge in [-0.2, -0.15) is 0 Å². The number of carbonyl (C=O) groups is 1. The maximum atomic E-state index is 10.5. The molecule has 0 fully saturated rings.